The Bertz CT molecular complexity index is 1160. The minimum absolute atomic E-state index is 0.129. The lowest BCUT2D eigenvalue weighted by Crippen LogP contribution is -2.54. The smallest absolute Gasteiger partial charge is 0.251 e. The minimum Gasteiger partial charge on any atom is -0.369 e. The SMILES string of the molecule is C=CCC(C(N)=O)C(CC(C)C)C(=O)NC1CN(c2ccccc2)c2ccccc2N(CCC2CCC2)C1=O. The van der Waals surface area contributed by atoms with E-state index in [0.29, 0.717) is 25.3 Å². The normalized spacial score (nSPS) is 19.1. The molecule has 1 aliphatic carbocycles. The number of hydrogen-bond acceptors (Lipinski definition) is 4. The van der Waals surface area contributed by atoms with Crippen LogP contribution in [0.3, 0.4) is 0 Å². The van der Waals surface area contributed by atoms with Gasteiger partial charge in [0.25, 0.3) is 5.91 Å². The van der Waals surface area contributed by atoms with Gasteiger partial charge in [0, 0.05) is 12.2 Å². The number of amides is 3. The van der Waals surface area contributed by atoms with E-state index in [-0.39, 0.29) is 24.3 Å². The van der Waals surface area contributed by atoms with Gasteiger partial charge in [-0.15, -0.1) is 6.58 Å². The van der Waals surface area contributed by atoms with Crippen LogP contribution >= 0.6 is 0 Å². The van der Waals surface area contributed by atoms with Crippen molar-refractivity contribution in [2.75, 3.05) is 22.9 Å². The van der Waals surface area contributed by atoms with E-state index in [0.717, 1.165) is 23.5 Å². The predicted molar refractivity (Wildman–Crippen MR) is 157 cm³/mol. The van der Waals surface area contributed by atoms with Crippen molar-refractivity contribution in [3.63, 3.8) is 0 Å². The Balaban J connectivity index is 1.69. The quantitative estimate of drug-likeness (QED) is 0.369. The molecule has 3 unspecified atom stereocenters. The molecule has 3 N–H and O–H groups in total. The van der Waals surface area contributed by atoms with Crippen LogP contribution in [0, 0.1) is 23.7 Å². The highest BCUT2D eigenvalue weighted by atomic mass is 16.2. The molecule has 2 aromatic rings. The highest BCUT2D eigenvalue weighted by Gasteiger charge is 2.39. The standard InChI is InChI=1S/C32H42N4O3/c1-4-11-25(30(33)37)26(20-22(2)3)31(38)34-27-21-36(24-14-6-5-7-15-24)29-17-9-8-16-28(29)35(32(27)39)19-18-23-12-10-13-23/h4-9,14-17,22-23,25-27H,1,10-13,18-21H2,2-3H3,(H2,33,37)(H,34,38). The number of allylic oxidation sites excluding steroid dienone is 1. The fraction of sp³-hybridized carbons (Fsp3) is 0.469. The van der Waals surface area contributed by atoms with Crippen molar-refractivity contribution in [1.82, 2.24) is 5.32 Å². The molecule has 2 aromatic carbocycles. The van der Waals surface area contributed by atoms with Crippen LogP contribution in [0.15, 0.2) is 67.3 Å². The maximum Gasteiger partial charge on any atom is 0.251 e. The molecule has 2 aliphatic rings. The molecule has 3 atom stereocenters. The number of benzene rings is 2. The maximum absolute atomic E-state index is 14.2. The molecule has 1 heterocycles. The van der Waals surface area contributed by atoms with Crippen LogP contribution in [-0.4, -0.2) is 36.9 Å². The van der Waals surface area contributed by atoms with E-state index >= 15 is 0 Å². The zero-order valence-corrected chi connectivity index (χ0v) is 23.2. The molecule has 39 heavy (non-hydrogen) atoms. The second-order valence-electron chi connectivity index (χ2n) is 11.3. The van der Waals surface area contributed by atoms with Gasteiger partial charge < -0.3 is 20.9 Å². The van der Waals surface area contributed by atoms with Gasteiger partial charge in [-0.1, -0.05) is 69.5 Å². The summed E-state index contributed by atoms with van der Waals surface area (Å²) in [6.07, 6.45) is 7.02. The third-order valence-electron chi connectivity index (χ3n) is 8.10. The molecule has 3 amide bonds. The first-order chi connectivity index (χ1) is 18.8. The molecular weight excluding hydrogens is 488 g/mol. The van der Waals surface area contributed by atoms with Crippen LogP contribution in [0.4, 0.5) is 17.1 Å². The Morgan fingerprint density at radius 1 is 1.05 bits per heavy atom. The maximum atomic E-state index is 14.2. The second-order valence-corrected chi connectivity index (χ2v) is 11.3. The molecule has 1 aliphatic heterocycles. The van der Waals surface area contributed by atoms with Gasteiger partial charge in [0.15, 0.2) is 0 Å². The lowest BCUT2D eigenvalue weighted by atomic mass is 9.82. The average Bonchev–Trinajstić information content (AvgIpc) is 3.00. The van der Waals surface area contributed by atoms with E-state index < -0.39 is 23.8 Å². The van der Waals surface area contributed by atoms with Crippen LogP contribution in [0.25, 0.3) is 0 Å². The summed E-state index contributed by atoms with van der Waals surface area (Å²) in [6.45, 7) is 8.67. The molecule has 0 radical (unpaired) electrons. The van der Waals surface area contributed by atoms with Gasteiger partial charge in [-0.05, 0) is 55.4 Å². The summed E-state index contributed by atoms with van der Waals surface area (Å²) < 4.78 is 0. The number of para-hydroxylation sites is 3. The Hall–Kier alpha value is -3.61. The number of nitrogens with two attached hydrogens (primary N) is 1. The van der Waals surface area contributed by atoms with Crippen molar-refractivity contribution in [2.24, 2.45) is 29.4 Å². The van der Waals surface area contributed by atoms with Gasteiger partial charge in [-0.25, -0.2) is 0 Å². The van der Waals surface area contributed by atoms with Gasteiger partial charge in [0.05, 0.1) is 29.8 Å². The number of anilines is 3. The summed E-state index contributed by atoms with van der Waals surface area (Å²) in [4.78, 5) is 44.3. The molecule has 0 aromatic heterocycles. The van der Waals surface area contributed by atoms with E-state index in [1.165, 1.54) is 19.3 Å². The first-order valence-corrected chi connectivity index (χ1v) is 14.2. The zero-order valence-electron chi connectivity index (χ0n) is 23.2. The number of nitrogens with one attached hydrogen (secondary N) is 1. The summed E-state index contributed by atoms with van der Waals surface area (Å²) in [5.41, 5.74) is 8.46. The Labute approximate surface area is 232 Å². The lowest BCUT2D eigenvalue weighted by molar-refractivity contribution is -0.135. The third kappa shape index (κ3) is 6.70. The van der Waals surface area contributed by atoms with Crippen molar-refractivity contribution < 1.29 is 14.4 Å². The average molecular weight is 531 g/mol. The number of primary amides is 1. The summed E-state index contributed by atoms with van der Waals surface area (Å²) in [6, 6.07) is 17.1. The van der Waals surface area contributed by atoms with Crippen LogP contribution in [-0.2, 0) is 14.4 Å². The Kier molecular flexibility index (Phi) is 9.44. The first-order valence-electron chi connectivity index (χ1n) is 14.2. The summed E-state index contributed by atoms with van der Waals surface area (Å²) in [5.74, 6) is -1.49. The van der Waals surface area contributed by atoms with Crippen LogP contribution < -0.4 is 20.9 Å². The number of carbonyl (C=O) groups is 3. The minimum atomic E-state index is -0.793. The first kappa shape index (κ1) is 28.4. The largest absolute Gasteiger partial charge is 0.369 e. The van der Waals surface area contributed by atoms with Crippen LogP contribution in [0.2, 0.25) is 0 Å². The predicted octanol–water partition coefficient (Wildman–Crippen LogP) is 5.19. The molecular formula is C32H42N4O3. The van der Waals surface area contributed by atoms with Gasteiger partial charge >= 0.3 is 0 Å². The zero-order chi connectivity index (χ0) is 27.9. The van der Waals surface area contributed by atoms with Gasteiger partial charge in [-0.2, -0.15) is 0 Å². The monoisotopic (exact) mass is 530 g/mol. The van der Waals surface area contributed by atoms with E-state index in [1.54, 1.807) is 6.08 Å². The van der Waals surface area contributed by atoms with Crippen molar-refractivity contribution in [3.8, 4) is 0 Å². The van der Waals surface area contributed by atoms with E-state index in [4.69, 9.17) is 5.73 Å². The molecule has 0 spiro atoms. The number of fused-ring (bicyclic) bond motifs is 1. The summed E-state index contributed by atoms with van der Waals surface area (Å²) in [7, 11) is 0. The lowest BCUT2D eigenvalue weighted by Gasteiger charge is -2.31. The number of rotatable bonds is 12. The van der Waals surface area contributed by atoms with Gasteiger partial charge in [0.2, 0.25) is 11.8 Å². The molecule has 7 heteroatoms. The van der Waals surface area contributed by atoms with Gasteiger partial charge in [-0.3, -0.25) is 14.4 Å². The van der Waals surface area contributed by atoms with Crippen molar-refractivity contribution in [2.45, 2.75) is 58.4 Å². The van der Waals surface area contributed by atoms with E-state index in [9.17, 15) is 14.4 Å². The van der Waals surface area contributed by atoms with Crippen molar-refractivity contribution >= 4 is 34.8 Å². The Morgan fingerprint density at radius 2 is 1.72 bits per heavy atom. The topological polar surface area (TPSA) is 95.7 Å². The van der Waals surface area contributed by atoms with Crippen LogP contribution in [0.5, 0.6) is 0 Å². The second kappa shape index (κ2) is 13.0. The molecule has 0 bridgehead atoms. The summed E-state index contributed by atoms with van der Waals surface area (Å²) in [5, 5.41) is 3.07. The molecule has 1 saturated carbocycles. The highest BCUT2D eigenvalue weighted by Crippen LogP contribution is 2.38. The molecule has 208 valence electrons. The van der Waals surface area contributed by atoms with Crippen molar-refractivity contribution in [1.29, 1.82) is 0 Å². The summed E-state index contributed by atoms with van der Waals surface area (Å²) >= 11 is 0. The molecule has 0 saturated heterocycles. The number of nitrogens with zero attached hydrogens (tertiary/aromatic N) is 2. The third-order valence-corrected chi connectivity index (χ3v) is 8.10. The van der Waals surface area contributed by atoms with E-state index in [2.05, 4.69) is 16.8 Å². The number of hydrogen-bond donors (Lipinski definition) is 2. The Morgan fingerprint density at radius 3 is 2.31 bits per heavy atom. The fourth-order valence-electron chi connectivity index (χ4n) is 5.77. The fourth-order valence-corrected chi connectivity index (χ4v) is 5.77. The van der Waals surface area contributed by atoms with Crippen LogP contribution in [0.1, 0.15) is 52.4 Å². The molecule has 7 nitrogen and oxygen atoms in total. The van der Waals surface area contributed by atoms with Gasteiger partial charge in [0.1, 0.15) is 6.04 Å². The molecule has 4 rings (SSSR count). The molecule has 1 fully saturated rings. The number of carbonyl (C=O) groups excluding carboxylic acids is 3. The van der Waals surface area contributed by atoms with Crippen molar-refractivity contribution in [3.05, 3.63) is 67.3 Å². The van der Waals surface area contributed by atoms with E-state index in [1.807, 2.05) is 73.3 Å². The highest BCUT2D eigenvalue weighted by molar-refractivity contribution is 6.04.